The van der Waals surface area contributed by atoms with Crippen LogP contribution in [-0.2, 0) is 9.53 Å². The molecule has 0 radical (unpaired) electrons. The summed E-state index contributed by atoms with van der Waals surface area (Å²) in [6.07, 6.45) is 11.0. The molecular formula is C25H37BrClN3O3. The van der Waals surface area contributed by atoms with Gasteiger partial charge in [-0.2, -0.15) is 0 Å². The van der Waals surface area contributed by atoms with Crippen molar-refractivity contribution in [1.29, 1.82) is 0 Å². The molecule has 1 atom stereocenters. The highest BCUT2D eigenvalue weighted by Gasteiger charge is 2.41. The number of pyridine rings is 1. The molecular weight excluding hydrogens is 506 g/mol. The Morgan fingerprint density at radius 2 is 1.58 bits per heavy atom. The number of aromatic nitrogens is 1. The van der Waals surface area contributed by atoms with E-state index in [0.29, 0.717) is 22.1 Å². The number of nitrogens with one attached hydrogen (secondary N) is 2. The zero-order valence-corrected chi connectivity index (χ0v) is 22.3. The van der Waals surface area contributed by atoms with Crippen molar-refractivity contribution in [2.45, 2.75) is 96.6 Å². The quantitative estimate of drug-likeness (QED) is 0.376. The minimum atomic E-state index is -0.685. The number of hydrogen-bond acceptors (Lipinski definition) is 4. The van der Waals surface area contributed by atoms with Crippen LogP contribution in [0.3, 0.4) is 0 Å². The number of rotatable bonds is 6. The molecule has 6 nitrogen and oxygen atoms in total. The van der Waals surface area contributed by atoms with Gasteiger partial charge in [-0.1, -0.05) is 75.8 Å². The van der Waals surface area contributed by atoms with Crippen LogP contribution in [0.25, 0.3) is 0 Å². The SMILES string of the molecule is CC(C)(C)OC(=O)NC(C(=O)Nc1ccc(Br)c(Cl)n1)C(C1CCCCC1)C1CCCCC1. The maximum atomic E-state index is 13.7. The van der Waals surface area contributed by atoms with Crippen LogP contribution in [0.15, 0.2) is 16.6 Å². The Balaban J connectivity index is 1.89. The highest BCUT2D eigenvalue weighted by Crippen LogP contribution is 2.42. The summed E-state index contributed by atoms with van der Waals surface area (Å²) in [5.74, 6) is 1.01. The van der Waals surface area contributed by atoms with Crippen LogP contribution >= 0.6 is 27.5 Å². The molecule has 0 spiro atoms. The van der Waals surface area contributed by atoms with Crippen LogP contribution in [0.4, 0.5) is 10.6 Å². The molecule has 1 unspecified atom stereocenters. The smallest absolute Gasteiger partial charge is 0.408 e. The molecule has 0 bridgehead atoms. The number of anilines is 1. The van der Waals surface area contributed by atoms with E-state index in [-0.39, 0.29) is 17.0 Å². The topological polar surface area (TPSA) is 80.3 Å². The van der Waals surface area contributed by atoms with E-state index in [4.69, 9.17) is 16.3 Å². The fourth-order valence-corrected chi connectivity index (χ4v) is 5.80. The van der Waals surface area contributed by atoms with E-state index in [0.717, 1.165) is 25.7 Å². The van der Waals surface area contributed by atoms with E-state index < -0.39 is 17.7 Å². The zero-order valence-electron chi connectivity index (χ0n) is 20.0. The maximum absolute atomic E-state index is 13.7. The Bertz CT molecular complexity index is 800. The van der Waals surface area contributed by atoms with Gasteiger partial charge in [0.1, 0.15) is 22.6 Å². The van der Waals surface area contributed by atoms with Gasteiger partial charge in [0.25, 0.3) is 0 Å². The number of carbonyl (C=O) groups is 2. The summed E-state index contributed by atoms with van der Waals surface area (Å²) < 4.78 is 6.22. The second kappa shape index (κ2) is 11.9. The summed E-state index contributed by atoms with van der Waals surface area (Å²) >= 11 is 9.47. The van der Waals surface area contributed by atoms with E-state index >= 15 is 0 Å². The lowest BCUT2D eigenvalue weighted by Gasteiger charge is -2.42. The Labute approximate surface area is 211 Å². The summed E-state index contributed by atoms with van der Waals surface area (Å²) in [6, 6.07) is 2.77. The first-order valence-electron chi connectivity index (χ1n) is 12.3. The van der Waals surface area contributed by atoms with Gasteiger partial charge in [0.2, 0.25) is 5.91 Å². The first-order chi connectivity index (χ1) is 15.6. The van der Waals surface area contributed by atoms with E-state index in [1.807, 2.05) is 20.8 Å². The fraction of sp³-hybridized carbons (Fsp3) is 0.720. The number of halogens is 2. The third-order valence-electron chi connectivity index (χ3n) is 6.78. The van der Waals surface area contributed by atoms with Crippen LogP contribution in [-0.4, -0.2) is 28.6 Å². The summed E-state index contributed by atoms with van der Waals surface area (Å²) in [5, 5.41) is 6.16. The molecule has 2 N–H and O–H groups in total. The van der Waals surface area contributed by atoms with Crippen LogP contribution in [0.1, 0.15) is 85.0 Å². The van der Waals surface area contributed by atoms with Gasteiger partial charge in [0.15, 0.2) is 0 Å². The normalized spacial score (nSPS) is 19.2. The van der Waals surface area contributed by atoms with Crippen molar-refractivity contribution < 1.29 is 14.3 Å². The largest absolute Gasteiger partial charge is 0.444 e. The average Bonchev–Trinajstić information content (AvgIpc) is 2.76. The predicted octanol–water partition coefficient (Wildman–Crippen LogP) is 7.11. The minimum Gasteiger partial charge on any atom is -0.444 e. The second-order valence-corrected chi connectivity index (χ2v) is 11.7. The molecule has 0 aliphatic heterocycles. The molecule has 1 aromatic rings. The standard InChI is InChI=1S/C25H37BrClN3O3/c1-25(2,3)33-24(32)30-21(23(31)29-19-15-14-18(26)22(27)28-19)20(16-10-6-4-7-11-16)17-12-8-5-9-13-17/h14-17,20-21H,4-13H2,1-3H3,(H,30,32)(H,28,29,31). The van der Waals surface area contributed by atoms with Gasteiger partial charge in [-0.05, 0) is 66.6 Å². The van der Waals surface area contributed by atoms with Crippen molar-refractivity contribution in [2.24, 2.45) is 17.8 Å². The molecule has 2 fully saturated rings. The highest BCUT2D eigenvalue weighted by molar-refractivity contribution is 9.10. The van der Waals surface area contributed by atoms with Gasteiger partial charge in [-0.15, -0.1) is 0 Å². The van der Waals surface area contributed by atoms with E-state index in [1.165, 1.54) is 38.5 Å². The van der Waals surface area contributed by atoms with E-state index in [2.05, 4.69) is 31.5 Å². The van der Waals surface area contributed by atoms with Crippen molar-refractivity contribution in [3.63, 3.8) is 0 Å². The third-order valence-corrected chi connectivity index (χ3v) is 7.94. The predicted molar refractivity (Wildman–Crippen MR) is 135 cm³/mol. The molecule has 33 heavy (non-hydrogen) atoms. The lowest BCUT2D eigenvalue weighted by atomic mass is 9.66. The molecule has 2 amide bonds. The summed E-state index contributed by atoms with van der Waals surface area (Å²) in [5.41, 5.74) is -0.642. The van der Waals surface area contributed by atoms with Gasteiger partial charge >= 0.3 is 6.09 Å². The van der Waals surface area contributed by atoms with Gasteiger partial charge in [0.05, 0.1) is 4.47 Å². The molecule has 1 aromatic heterocycles. The zero-order chi connectivity index (χ0) is 24.0. The molecule has 2 aliphatic carbocycles. The first-order valence-corrected chi connectivity index (χ1v) is 13.4. The lowest BCUT2D eigenvalue weighted by Crippen LogP contribution is -2.54. The molecule has 8 heteroatoms. The monoisotopic (exact) mass is 541 g/mol. The van der Waals surface area contributed by atoms with Crippen molar-refractivity contribution in [3.05, 3.63) is 21.8 Å². The van der Waals surface area contributed by atoms with Gasteiger partial charge in [0, 0.05) is 0 Å². The number of carbonyl (C=O) groups excluding carboxylic acids is 2. The summed E-state index contributed by atoms with van der Waals surface area (Å²) in [6.45, 7) is 5.49. The number of amides is 2. The van der Waals surface area contributed by atoms with Crippen LogP contribution in [0, 0.1) is 17.8 Å². The number of nitrogens with zero attached hydrogens (tertiary/aromatic N) is 1. The van der Waals surface area contributed by atoms with Crippen LogP contribution < -0.4 is 10.6 Å². The van der Waals surface area contributed by atoms with Crippen LogP contribution in [0.5, 0.6) is 0 Å². The average molecular weight is 543 g/mol. The van der Waals surface area contributed by atoms with Crippen molar-refractivity contribution in [2.75, 3.05) is 5.32 Å². The summed E-state index contributed by atoms with van der Waals surface area (Å²) in [4.78, 5) is 30.8. The Morgan fingerprint density at radius 1 is 1.03 bits per heavy atom. The summed E-state index contributed by atoms with van der Waals surface area (Å²) in [7, 11) is 0. The van der Waals surface area contributed by atoms with Gasteiger partial charge < -0.3 is 15.4 Å². The molecule has 2 saturated carbocycles. The lowest BCUT2D eigenvalue weighted by molar-refractivity contribution is -0.121. The second-order valence-electron chi connectivity index (χ2n) is 10.5. The van der Waals surface area contributed by atoms with Crippen LogP contribution in [0.2, 0.25) is 5.15 Å². The molecule has 3 rings (SSSR count). The highest BCUT2D eigenvalue weighted by atomic mass is 79.9. The maximum Gasteiger partial charge on any atom is 0.408 e. The van der Waals surface area contributed by atoms with Crippen molar-refractivity contribution >= 4 is 45.3 Å². The van der Waals surface area contributed by atoms with Gasteiger partial charge in [-0.25, -0.2) is 9.78 Å². The van der Waals surface area contributed by atoms with E-state index in [9.17, 15) is 9.59 Å². The molecule has 0 aromatic carbocycles. The Morgan fingerprint density at radius 3 is 2.06 bits per heavy atom. The number of alkyl carbamates (subject to hydrolysis) is 1. The third kappa shape index (κ3) is 7.84. The minimum absolute atomic E-state index is 0.0732. The number of ether oxygens (including phenoxy) is 1. The Kier molecular flexibility index (Phi) is 9.45. The van der Waals surface area contributed by atoms with Gasteiger partial charge in [-0.3, -0.25) is 4.79 Å². The van der Waals surface area contributed by atoms with Crippen molar-refractivity contribution in [1.82, 2.24) is 10.3 Å². The molecule has 184 valence electrons. The Hall–Kier alpha value is -1.34. The van der Waals surface area contributed by atoms with E-state index in [1.54, 1.807) is 12.1 Å². The molecule has 0 saturated heterocycles. The van der Waals surface area contributed by atoms with Crippen molar-refractivity contribution in [3.8, 4) is 0 Å². The fourth-order valence-electron chi connectivity index (χ4n) is 5.43. The molecule has 1 heterocycles. The first kappa shape index (κ1) is 26.3. The number of hydrogen-bond donors (Lipinski definition) is 2. The molecule has 2 aliphatic rings.